The Morgan fingerprint density at radius 3 is 3.00 bits per heavy atom. The zero-order valence-electron chi connectivity index (χ0n) is 7.72. The van der Waals surface area contributed by atoms with E-state index in [-0.39, 0.29) is 6.54 Å². The highest BCUT2D eigenvalue weighted by atomic mass is 16.3. The van der Waals surface area contributed by atoms with Crippen molar-refractivity contribution in [3.8, 4) is 0 Å². The molecule has 3 heteroatoms. The van der Waals surface area contributed by atoms with Crippen LogP contribution in [0.2, 0.25) is 0 Å². The number of hydrogen-bond acceptors (Lipinski definition) is 3. The summed E-state index contributed by atoms with van der Waals surface area (Å²) < 4.78 is 0. The minimum absolute atomic E-state index is 0.238. The molecule has 3 N–H and O–H groups in total. The lowest BCUT2D eigenvalue weighted by Gasteiger charge is -2.10. The fourth-order valence-corrected chi connectivity index (χ4v) is 1.57. The maximum absolute atomic E-state index is 9.68. The molecular formula is C11H12N2O. The first-order chi connectivity index (χ1) is 6.83. The maximum Gasteiger partial charge on any atom is 0.0918 e. The van der Waals surface area contributed by atoms with Crippen molar-refractivity contribution in [3.05, 3.63) is 42.2 Å². The van der Waals surface area contributed by atoms with Crippen molar-refractivity contribution in [3.63, 3.8) is 0 Å². The lowest BCUT2D eigenvalue weighted by Crippen LogP contribution is -2.11. The number of nitrogens with zero attached hydrogens (tertiary/aromatic N) is 1. The first-order valence-corrected chi connectivity index (χ1v) is 4.53. The Morgan fingerprint density at radius 2 is 2.21 bits per heavy atom. The van der Waals surface area contributed by atoms with Crippen LogP contribution in [0.25, 0.3) is 10.8 Å². The van der Waals surface area contributed by atoms with Gasteiger partial charge in [-0.05, 0) is 17.0 Å². The summed E-state index contributed by atoms with van der Waals surface area (Å²) in [5.74, 6) is 0. The average Bonchev–Trinajstić information content (AvgIpc) is 2.27. The van der Waals surface area contributed by atoms with Gasteiger partial charge in [0.15, 0.2) is 0 Å². The lowest BCUT2D eigenvalue weighted by atomic mass is 10.0. The molecule has 0 radical (unpaired) electrons. The Labute approximate surface area is 82.2 Å². The molecule has 0 spiro atoms. The van der Waals surface area contributed by atoms with E-state index in [4.69, 9.17) is 5.73 Å². The van der Waals surface area contributed by atoms with Gasteiger partial charge in [0.2, 0.25) is 0 Å². The maximum atomic E-state index is 9.68. The van der Waals surface area contributed by atoms with Gasteiger partial charge in [0, 0.05) is 24.3 Å². The molecule has 0 saturated heterocycles. The molecular weight excluding hydrogens is 176 g/mol. The Balaban J connectivity index is 2.65. The molecule has 1 heterocycles. The van der Waals surface area contributed by atoms with Crippen LogP contribution in [0, 0.1) is 0 Å². The fourth-order valence-electron chi connectivity index (χ4n) is 1.57. The summed E-state index contributed by atoms with van der Waals surface area (Å²) in [6, 6.07) is 7.65. The van der Waals surface area contributed by atoms with Crippen LogP contribution in [0.15, 0.2) is 36.7 Å². The van der Waals surface area contributed by atoms with Crippen molar-refractivity contribution in [1.82, 2.24) is 4.98 Å². The van der Waals surface area contributed by atoms with Crippen LogP contribution in [-0.4, -0.2) is 16.6 Å². The second kappa shape index (κ2) is 3.74. The van der Waals surface area contributed by atoms with Crippen molar-refractivity contribution < 1.29 is 5.11 Å². The van der Waals surface area contributed by atoms with Crippen molar-refractivity contribution in [2.75, 3.05) is 6.54 Å². The molecule has 3 nitrogen and oxygen atoms in total. The van der Waals surface area contributed by atoms with Gasteiger partial charge in [-0.15, -0.1) is 0 Å². The SMILES string of the molecule is NCC(O)c1cccc2cnccc12. The van der Waals surface area contributed by atoms with Crippen molar-refractivity contribution in [1.29, 1.82) is 0 Å². The molecule has 1 aromatic carbocycles. The molecule has 72 valence electrons. The van der Waals surface area contributed by atoms with Gasteiger partial charge < -0.3 is 10.8 Å². The summed E-state index contributed by atoms with van der Waals surface area (Å²) in [6.45, 7) is 0.238. The van der Waals surface area contributed by atoms with E-state index >= 15 is 0 Å². The number of rotatable bonds is 2. The molecule has 1 aromatic heterocycles. The normalized spacial score (nSPS) is 13.0. The van der Waals surface area contributed by atoms with E-state index in [9.17, 15) is 5.11 Å². The largest absolute Gasteiger partial charge is 0.387 e. The summed E-state index contributed by atoms with van der Waals surface area (Å²) in [5, 5.41) is 11.7. The van der Waals surface area contributed by atoms with Gasteiger partial charge in [0.1, 0.15) is 0 Å². The van der Waals surface area contributed by atoms with E-state index in [0.717, 1.165) is 16.3 Å². The van der Waals surface area contributed by atoms with Crippen LogP contribution in [0.1, 0.15) is 11.7 Å². The van der Waals surface area contributed by atoms with E-state index in [2.05, 4.69) is 4.98 Å². The minimum Gasteiger partial charge on any atom is -0.387 e. The Kier molecular flexibility index (Phi) is 2.43. The van der Waals surface area contributed by atoms with Crippen molar-refractivity contribution >= 4 is 10.8 Å². The van der Waals surface area contributed by atoms with Crippen molar-refractivity contribution in [2.24, 2.45) is 5.73 Å². The number of hydrogen-bond donors (Lipinski definition) is 2. The van der Waals surface area contributed by atoms with Gasteiger partial charge in [0.25, 0.3) is 0 Å². The van der Waals surface area contributed by atoms with E-state index in [1.807, 2.05) is 24.3 Å². The molecule has 0 aliphatic rings. The lowest BCUT2D eigenvalue weighted by molar-refractivity contribution is 0.188. The predicted molar refractivity (Wildman–Crippen MR) is 55.8 cm³/mol. The Hall–Kier alpha value is -1.45. The third kappa shape index (κ3) is 1.47. The van der Waals surface area contributed by atoms with E-state index in [1.165, 1.54) is 0 Å². The number of aromatic nitrogens is 1. The van der Waals surface area contributed by atoms with Gasteiger partial charge in [-0.25, -0.2) is 0 Å². The van der Waals surface area contributed by atoms with Gasteiger partial charge >= 0.3 is 0 Å². The highest BCUT2D eigenvalue weighted by molar-refractivity contribution is 5.85. The average molecular weight is 188 g/mol. The standard InChI is InChI=1S/C11H12N2O/c12-6-11(14)10-3-1-2-8-7-13-5-4-9(8)10/h1-5,7,11,14H,6,12H2. The first-order valence-electron chi connectivity index (χ1n) is 4.53. The van der Waals surface area contributed by atoms with E-state index < -0.39 is 6.10 Å². The molecule has 14 heavy (non-hydrogen) atoms. The van der Waals surface area contributed by atoms with Gasteiger partial charge in [-0.2, -0.15) is 0 Å². The molecule has 0 saturated carbocycles. The number of aliphatic hydroxyl groups excluding tert-OH is 1. The smallest absolute Gasteiger partial charge is 0.0918 e. The Morgan fingerprint density at radius 1 is 1.36 bits per heavy atom. The summed E-state index contributed by atoms with van der Waals surface area (Å²) in [7, 11) is 0. The molecule has 0 fully saturated rings. The molecule has 1 unspecified atom stereocenters. The quantitative estimate of drug-likeness (QED) is 0.745. The monoisotopic (exact) mass is 188 g/mol. The second-order valence-electron chi connectivity index (χ2n) is 3.20. The molecule has 1 atom stereocenters. The third-order valence-electron chi connectivity index (χ3n) is 2.30. The van der Waals surface area contributed by atoms with Gasteiger partial charge in [-0.1, -0.05) is 18.2 Å². The number of pyridine rings is 1. The minimum atomic E-state index is -0.596. The highest BCUT2D eigenvalue weighted by Gasteiger charge is 2.08. The van der Waals surface area contributed by atoms with Gasteiger partial charge in [-0.3, -0.25) is 4.98 Å². The molecule has 0 aliphatic heterocycles. The topological polar surface area (TPSA) is 59.1 Å². The van der Waals surface area contributed by atoms with Crippen LogP contribution in [0.3, 0.4) is 0 Å². The summed E-state index contributed by atoms with van der Waals surface area (Å²) in [5.41, 5.74) is 6.30. The number of benzene rings is 1. The molecule has 0 aliphatic carbocycles. The first kappa shape index (κ1) is 9.12. The molecule has 2 aromatic rings. The molecule has 2 rings (SSSR count). The second-order valence-corrected chi connectivity index (χ2v) is 3.20. The highest BCUT2D eigenvalue weighted by Crippen LogP contribution is 2.22. The number of aliphatic hydroxyl groups is 1. The third-order valence-corrected chi connectivity index (χ3v) is 2.30. The van der Waals surface area contributed by atoms with Crippen LogP contribution in [0.5, 0.6) is 0 Å². The summed E-state index contributed by atoms with van der Waals surface area (Å²) in [6.07, 6.45) is 2.90. The van der Waals surface area contributed by atoms with Gasteiger partial charge in [0.05, 0.1) is 6.10 Å². The predicted octanol–water partition coefficient (Wildman–Crippen LogP) is 1.23. The van der Waals surface area contributed by atoms with Crippen LogP contribution in [-0.2, 0) is 0 Å². The molecule has 0 amide bonds. The Bertz CT molecular complexity index is 437. The van der Waals surface area contributed by atoms with Crippen LogP contribution >= 0.6 is 0 Å². The molecule has 0 bridgehead atoms. The summed E-state index contributed by atoms with van der Waals surface area (Å²) >= 11 is 0. The number of nitrogens with two attached hydrogens (primary N) is 1. The van der Waals surface area contributed by atoms with Crippen LogP contribution in [0.4, 0.5) is 0 Å². The van der Waals surface area contributed by atoms with Crippen molar-refractivity contribution in [2.45, 2.75) is 6.10 Å². The van der Waals surface area contributed by atoms with E-state index in [0.29, 0.717) is 0 Å². The summed E-state index contributed by atoms with van der Waals surface area (Å²) in [4.78, 5) is 4.03. The number of fused-ring (bicyclic) bond motifs is 1. The fraction of sp³-hybridized carbons (Fsp3) is 0.182. The zero-order chi connectivity index (χ0) is 9.97. The zero-order valence-corrected chi connectivity index (χ0v) is 7.72. The van der Waals surface area contributed by atoms with E-state index in [1.54, 1.807) is 12.4 Å². The van der Waals surface area contributed by atoms with Crippen LogP contribution < -0.4 is 5.73 Å².